The number of hydrogen-bond donors (Lipinski definition) is 3. The van der Waals surface area contributed by atoms with Crippen LogP contribution >= 0.6 is 0 Å². The molecule has 1 fully saturated rings. The lowest BCUT2D eigenvalue weighted by molar-refractivity contribution is 0.0827. The second-order valence-corrected chi connectivity index (χ2v) is 10.1. The minimum atomic E-state index is -0.0439. The summed E-state index contributed by atoms with van der Waals surface area (Å²) in [6.45, 7) is 5.60. The third-order valence-electron chi connectivity index (χ3n) is 7.00. The molecule has 0 saturated carbocycles. The summed E-state index contributed by atoms with van der Waals surface area (Å²) in [5.41, 5.74) is 6.45. The van der Waals surface area contributed by atoms with E-state index in [9.17, 15) is 4.79 Å². The molecule has 10 heteroatoms. The predicted octanol–water partition coefficient (Wildman–Crippen LogP) is 4.96. The van der Waals surface area contributed by atoms with E-state index in [2.05, 4.69) is 20.6 Å². The summed E-state index contributed by atoms with van der Waals surface area (Å²) in [6, 6.07) is 11.5. The summed E-state index contributed by atoms with van der Waals surface area (Å²) in [5.74, 6) is 1.52. The number of nitrogens with zero attached hydrogens (tertiary/aromatic N) is 4. The number of carbonyl (C=O) groups is 1. The molecule has 0 spiro atoms. The molecule has 1 aliphatic heterocycles. The molecule has 0 atom stereocenters. The number of piperidine rings is 1. The summed E-state index contributed by atoms with van der Waals surface area (Å²) in [7, 11) is 3.48. The van der Waals surface area contributed by atoms with Crippen molar-refractivity contribution in [3.63, 3.8) is 0 Å². The second kappa shape index (κ2) is 10.0. The van der Waals surface area contributed by atoms with E-state index in [4.69, 9.17) is 19.1 Å². The van der Waals surface area contributed by atoms with Gasteiger partial charge in [0.1, 0.15) is 17.3 Å². The Labute approximate surface area is 225 Å². The first-order chi connectivity index (χ1) is 18.9. The number of amides is 1. The Kier molecular flexibility index (Phi) is 6.40. The molecule has 6 rings (SSSR count). The van der Waals surface area contributed by atoms with E-state index < -0.39 is 0 Å². The maximum atomic E-state index is 12.4. The lowest BCUT2D eigenvalue weighted by Crippen LogP contribution is -2.34. The van der Waals surface area contributed by atoms with Crippen molar-refractivity contribution in [3.8, 4) is 17.0 Å². The smallest absolute Gasteiger partial charge is 0.253 e. The van der Waals surface area contributed by atoms with Gasteiger partial charge in [-0.2, -0.15) is 9.97 Å². The van der Waals surface area contributed by atoms with E-state index in [1.807, 2.05) is 50.4 Å². The third kappa shape index (κ3) is 4.90. The monoisotopic (exact) mass is 525 g/mol. The molecule has 5 aromatic rings. The van der Waals surface area contributed by atoms with Crippen LogP contribution < -0.4 is 15.4 Å². The molecular weight excluding hydrogens is 494 g/mol. The number of oxazole rings is 1. The number of aromatic amines is 1. The molecule has 3 aromatic heterocycles. The zero-order chi connectivity index (χ0) is 27.1. The van der Waals surface area contributed by atoms with Gasteiger partial charge in [-0.25, -0.2) is 4.98 Å². The van der Waals surface area contributed by atoms with Crippen LogP contribution in [0.4, 0.5) is 11.6 Å². The SMILES string of the molecule is Cc1nc2ccc(-c3c[nH]c4nc(Nc5ccc(C(=O)N(C)C)cc5C)nc(OC5CCNCC5)c34)cc2o1. The molecule has 3 N–H and O–H groups in total. The van der Waals surface area contributed by atoms with Gasteiger partial charge in [-0.05, 0) is 74.3 Å². The van der Waals surface area contributed by atoms with Crippen LogP contribution in [-0.4, -0.2) is 64.0 Å². The Balaban J connectivity index is 1.40. The van der Waals surface area contributed by atoms with Gasteiger partial charge in [0.05, 0.1) is 5.39 Å². The number of anilines is 2. The van der Waals surface area contributed by atoms with E-state index >= 15 is 0 Å². The molecule has 1 amide bonds. The molecule has 2 aromatic carbocycles. The fourth-order valence-corrected chi connectivity index (χ4v) is 4.96. The summed E-state index contributed by atoms with van der Waals surface area (Å²) in [5, 5.41) is 7.53. The van der Waals surface area contributed by atoms with Crippen LogP contribution in [0.25, 0.3) is 33.3 Å². The number of H-pyrrole nitrogens is 1. The zero-order valence-corrected chi connectivity index (χ0v) is 22.5. The van der Waals surface area contributed by atoms with Crippen molar-refractivity contribution in [3.05, 3.63) is 59.6 Å². The highest BCUT2D eigenvalue weighted by Crippen LogP contribution is 2.37. The van der Waals surface area contributed by atoms with Gasteiger partial charge in [0, 0.05) is 44.0 Å². The standard InChI is InChI=1S/C29H31N7O3/c1-16-13-19(28(37)36(3)4)6-7-22(16)33-29-34-26-25(27(35-29)39-20-9-11-30-12-10-20)21(15-31-26)18-5-8-23-24(14-18)38-17(2)32-23/h5-8,13-15,20,30H,9-12H2,1-4H3,(H2,31,33,34,35). The molecule has 39 heavy (non-hydrogen) atoms. The van der Waals surface area contributed by atoms with Crippen molar-refractivity contribution < 1.29 is 13.9 Å². The largest absolute Gasteiger partial charge is 0.474 e. The first-order valence-electron chi connectivity index (χ1n) is 13.1. The summed E-state index contributed by atoms with van der Waals surface area (Å²) >= 11 is 0. The highest BCUT2D eigenvalue weighted by molar-refractivity contribution is 5.99. The lowest BCUT2D eigenvalue weighted by Gasteiger charge is -2.24. The van der Waals surface area contributed by atoms with Crippen molar-refractivity contribution in [2.24, 2.45) is 0 Å². The van der Waals surface area contributed by atoms with Crippen LogP contribution in [0.15, 0.2) is 47.0 Å². The Morgan fingerprint density at radius 2 is 1.90 bits per heavy atom. The maximum Gasteiger partial charge on any atom is 0.253 e. The number of nitrogens with one attached hydrogen (secondary N) is 3. The van der Waals surface area contributed by atoms with Crippen molar-refractivity contribution >= 4 is 39.7 Å². The summed E-state index contributed by atoms with van der Waals surface area (Å²) < 4.78 is 12.3. The van der Waals surface area contributed by atoms with Crippen molar-refractivity contribution in [2.45, 2.75) is 32.8 Å². The van der Waals surface area contributed by atoms with Crippen LogP contribution in [0.2, 0.25) is 0 Å². The molecule has 1 saturated heterocycles. The first kappa shape index (κ1) is 24.9. The molecule has 10 nitrogen and oxygen atoms in total. The number of benzene rings is 2. The van der Waals surface area contributed by atoms with Crippen LogP contribution in [0.1, 0.15) is 34.7 Å². The lowest BCUT2D eigenvalue weighted by atomic mass is 10.1. The molecule has 0 radical (unpaired) electrons. The number of ether oxygens (including phenoxy) is 1. The van der Waals surface area contributed by atoms with Gasteiger partial charge < -0.3 is 29.7 Å². The third-order valence-corrected chi connectivity index (χ3v) is 7.00. The fraction of sp³-hybridized carbons (Fsp3) is 0.310. The van der Waals surface area contributed by atoms with Gasteiger partial charge >= 0.3 is 0 Å². The second-order valence-electron chi connectivity index (χ2n) is 10.1. The quantitative estimate of drug-likeness (QED) is 0.284. The van der Waals surface area contributed by atoms with E-state index in [1.54, 1.807) is 25.1 Å². The molecule has 0 unspecified atom stereocenters. The van der Waals surface area contributed by atoms with Gasteiger partial charge in [0.2, 0.25) is 11.8 Å². The molecular formula is C29H31N7O3. The average molecular weight is 526 g/mol. The van der Waals surface area contributed by atoms with Gasteiger partial charge in [0.15, 0.2) is 11.5 Å². The van der Waals surface area contributed by atoms with Gasteiger partial charge in [-0.1, -0.05) is 6.07 Å². The maximum absolute atomic E-state index is 12.4. The topological polar surface area (TPSA) is 121 Å². The number of aromatic nitrogens is 4. The molecule has 0 aliphatic carbocycles. The normalized spacial score (nSPS) is 14.2. The number of hydrogen-bond acceptors (Lipinski definition) is 8. The van der Waals surface area contributed by atoms with Gasteiger partial charge in [0.25, 0.3) is 5.91 Å². The molecule has 200 valence electrons. The minimum absolute atomic E-state index is 0.0439. The highest BCUT2D eigenvalue weighted by atomic mass is 16.5. The van der Waals surface area contributed by atoms with E-state index in [1.165, 1.54) is 0 Å². The highest BCUT2D eigenvalue weighted by Gasteiger charge is 2.22. The van der Waals surface area contributed by atoms with Gasteiger partial charge in [-0.15, -0.1) is 0 Å². The molecule has 4 heterocycles. The number of rotatable bonds is 6. The van der Waals surface area contributed by atoms with Crippen LogP contribution in [-0.2, 0) is 0 Å². The van der Waals surface area contributed by atoms with E-state index in [0.29, 0.717) is 28.9 Å². The zero-order valence-electron chi connectivity index (χ0n) is 22.5. The average Bonchev–Trinajstić information content (AvgIpc) is 3.52. The number of fused-ring (bicyclic) bond motifs is 2. The van der Waals surface area contributed by atoms with Gasteiger partial charge in [-0.3, -0.25) is 4.79 Å². The van der Waals surface area contributed by atoms with Crippen molar-refractivity contribution in [1.82, 2.24) is 30.2 Å². The number of carbonyl (C=O) groups excluding carboxylic acids is 1. The Hall–Kier alpha value is -4.44. The number of aryl methyl sites for hydroxylation is 2. The minimum Gasteiger partial charge on any atom is -0.474 e. The first-order valence-corrected chi connectivity index (χ1v) is 13.1. The van der Waals surface area contributed by atoms with Crippen molar-refractivity contribution in [1.29, 1.82) is 0 Å². The Morgan fingerprint density at radius 3 is 2.67 bits per heavy atom. The van der Waals surface area contributed by atoms with Crippen LogP contribution in [0, 0.1) is 13.8 Å². The fourth-order valence-electron chi connectivity index (χ4n) is 4.96. The Bertz CT molecular complexity index is 1680. The predicted molar refractivity (Wildman–Crippen MR) is 151 cm³/mol. The summed E-state index contributed by atoms with van der Waals surface area (Å²) in [4.78, 5) is 31.3. The summed E-state index contributed by atoms with van der Waals surface area (Å²) in [6.07, 6.45) is 3.78. The molecule has 0 bridgehead atoms. The van der Waals surface area contributed by atoms with E-state index in [0.717, 1.165) is 64.8 Å². The molecule has 1 aliphatic rings. The van der Waals surface area contributed by atoms with Crippen LogP contribution in [0.3, 0.4) is 0 Å². The van der Waals surface area contributed by atoms with E-state index in [-0.39, 0.29) is 12.0 Å². The Morgan fingerprint density at radius 1 is 1.08 bits per heavy atom. The van der Waals surface area contributed by atoms with Crippen LogP contribution in [0.5, 0.6) is 5.88 Å². The van der Waals surface area contributed by atoms with Crippen molar-refractivity contribution in [2.75, 3.05) is 32.5 Å².